The smallest absolute Gasteiger partial charge is 0.263 e. The largest absolute Gasteiger partial charge is 0.367 e. The number of H-pyrrole nitrogens is 1. The number of hydrogen-bond donors (Lipinski definition) is 1. The minimum atomic E-state index is -0.327. The summed E-state index contributed by atoms with van der Waals surface area (Å²) in [6, 6.07) is 8.50. The number of fused-ring (bicyclic) bond motifs is 3. The highest BCUT2D eigenvalue weighted by Gasteiger charge is 2.43. The Hall–Kier alpha value is -2.67. The Morgan fingerprint density at radius 2 is 2.07 bits per heavy atom. The Morgan fingerprint density at radius 3 is 2.89 bits per heavy atom. The Bertz CT molecular complexity index is 1110. The van der Waals surface area contributed by atoms with E-state index >= 15 is 0 Å². The second-order valence-electron chi connectivity index (χ2n) is 8.78. The van der Waals surface area contributed by atoms with Gasteiger partial charge in [0, 0.05) is 6.54 Å². The van der Waals surface area contributed by atoms with Crippen molar-refractivity contribution in [3.05, 3.63) is 51.9 Å². The zero-order valence-electron chi connectivity index (χ0n) is 16.5. The molecule has 7 nitrogen and oxygen atoms in total. The maximum atomic E-state index is 12.7. The summed E-state index contributed by atoms with van der Waals surface area (Å²) in [6.07, 6.45) is 3.57. The van der Waals surface area contributed by atoms with Crippen LogP contribution in [0, 0.1) is 0 Å². The van der Waals surface area contributed by atoms with Gasteiger partial charge in [-0.15, -0.1) is 0 Å². The van der Waals surface area contributed by atoms with Crippen molar-refractivity contribution in [2.45, 2.75) is 44.8 Å². The van der Waals surface area contributed by atoms with Crippen molar-refractivity contribution < 1.29 is 4.74 Å². The quantitative estimate of drug-likeness (QED) is 0.703. The van der Waals surface area contributed by atoms with Crippen LogP contribution in [0.1, 0.15) is 38.3 Å². The predicted octanol–water partition coefficient (Wildman–Crippen LogP) is 2.55. The van der Waals surface area contributed by atoms with Gasteiger partial charge in [0.15, 0.2) is 5.65 Å². The average Bonchev–Trinajstić information content (AvgIpc) is 3.25. The molecule has 0 amide bonds. The van der Waals surface area contributed by atoms with Crippen molar-refractivity contribution in [3.8, 4) is 0 Å². The summed E-state index contributed by atoms with van der Waals surface area (Å²) in [6.45, 7) is 8.16. The first kappa shape index (κ1) is 17.4. The lowest BCUT2D eigenvalue weighted by Crippen LogP contribution is -2.49. The van der Waals surface area contributed by atoms with E-state index in [1.807, 2.05) is 4.68 Å². The third kappa shape index (κ3) is 2.57. The lowest BCUT2D eigenvalue weighted by atomic mass is 9.94. The molecular weight excluding hydrogens is 354 g/mol. The van der Waals surface area contributed by atoms with E-state index < -0.39 is 0 Å². The number of ether oxygens (including phenoxy) is 1. The number of rotatable bonds is 1. The van der Waals surface area contributed by atoms with Crippen molar-refractivity contribution in [1.29, 1.82) is 0 Å². The fourth-order valence-corrected chi connectivity index (χ4v) is 4.48. The van der Waals surface area contributed by atoms with E-state index in [0.29, 0.717) is 36.7 Å². The van der Waals surface area contributed by atoms with Crippen molar-refractivity contribution in [2.24, 2.45) is 0 Å². The van der Waals surface area contributed by atoms with Crippen LogP contribution in [0.25, 0.3) is 11.0 Å². The number of aromatic amines is 1. The van der Waals surface area contributed by atoms with Crippen molar-refractivity contribution in [2.75, 3.05) is 24.6 Å². The van der Waals surface area contributed by atoms with Crippen LogP contribution in [0.5, 0.6) is 0 Å². The molecule has 5 rings (SSSR count). The highest BCUT2D eigenvalue weighted by molar-refractivity contribution is 5.74. The molecule has 28 heavy (non-hydrogen) atoms. The number of aryl methyl sites for hydroxylation is 1. The standard InChI is InChI=1S/C21H25N5O2/c1-20(2,3)26-17-15(12-22-26)18(27)24-19(23-17)25-10-11-28-21(13-25)9-8-14-6-4-5-7-16(14)21/h4-7,12H,8-11,13H2,1-3H3,(H,23,24,27). The molecule has 7 heteroatoms. The number of morpholine rings is 1. The van der Waals surface area contributed by atoms with Crippen LogP contribution >= 0.6 is 0 Å². The second-order valence-corrected chi connectivity index (χ2v) is 8.78. The molecule has 1 aliphatic heterocycles. The fraction of sp³-hybridized carbons (Fsp3) is 0.476. The Morgan fingerprint density at radius 1 is 1.25 bits per heavy atom. The van der Waals surface area contributed by atoms with Crippen LogP contribution < -0.4 is 10.5 Å². The molecule has 1 N–H and O–H groups in total. The first-order valence-electron chi connectivity index (χ1n) is 9.83. The summed E-state index contributed by atoms with van der Waals surface area (Å²) in [5.74, 6) is 0.593. The van der Waals surface area contributed by atoms with Crippen LogP contribution in [0.2, 0.25) is 0 Å². The molecular formula is C21H25N5O2. The minimum absolute atomic E-state index is 0.150. The van der Waals surface area contributed by atoms with Gasteiger partial charge in [-0.2, -0.15) is 10.1 Å². The van der Waals surface area contributed by atoms with E-state index in [2.05, 4.69) is 60.0 Å². The summed E-state index contributed by atoms with van der Waals surface area (Å²) >= 11 is 0. The van der Waals surface area contributed by atoms with Gasteiger partial charge in [0.25, 0.3) is 5.56 Å². The molecule has 0 radical (unpaired) electrons. The molecule has 1 saturated heterocycles. The van der Waals surface area contributed by atoms with Gasteiger partial charge in [-0.1, -0.05) is 24.3 Å². The zero-order chi connectivity index (χ0) is 19.5. The second kappa shape index (κ2) is 5.91. The maximum absolute atomic E-state index is 12.7. The Balaban J connectivity index is 1.57. The van der Waals surface area contributed by atoms with E-state index in [-0.39, 0.29) is 16.7 Å². The number of aromatic nitrogens is 4. The minimum Gasteiger partial charge on any atom is -0.367 e. The number of benzene rings is 1. The van der Waals surface area contributed by atoms with Crippen LogP contribution in [0.15, 0.2) is 35.3 Å². The molecule has 1 unspecified atom stereocenters. The van der Waals surface area contributed by atoms with E-state index in [9.17, 15) is 4.79 Å². The van der Waals surface area contributed by atoms with Gasteiger partial charge in [0.2, 0.25) is 5.95 Å². The maximum Gasteiger partial charge on any atom is 0.263 e. The van der Waals surface area contributed by atoms with Gasteiger partial charge in [-0.3, -0.25) is 9.78 Å². The zero-order valence-corrected chi connectivity index (χ0v) is 16.5. The Labute approximate surface area is 163 Å². The lowest BCUT2D eigenvalue weighted by molar-refractivity contribution is -0.0596. The Kier molecular flexibility index (Phi) is 3.68. The molecule has 2 aromatic heterocycles. The van der Waals surface area contributed by atoms with E-state index in [1.165, 1.54) is 11.1 Å². The highest BCUT2D eigenvalue weighted by atomic mass is 16.5. The van der Waals surface area contributed by atoms with Crippen molar-refractivity contribution in [1.82, 2.24) is 19.7 Å². The summed E-state index contributed by atoms with van der Waals surface area (Å²) in [5.41, 5.74) is 2.51. The van der Waals surface area contributed by atoms with Crippen LogP contribution in [-0.4, -0.2) is 39.4 Å². The lowest BCUT2D eigenvalue weighted by Gasteiger charge is -2.41. The predicted molar refractivity (Wildman–Crippen MR) is 108 cm³/mol. The monoisotopic (exact) mass is 379 g/mol. The van der Waals surface area contributed by atoms with E-state index in [0.717, 1.165) is 12.8 Å². The molecule has 1 aliphatic carbocycles. The van der Waals surface area contributed by atoms with E-state index in [1.54, 1.807) is 6.20 Å². The van der Waals surface area contributed by atoms with Gasteiger partial charge >= 0.3 is 0 Å². The van der Waals surface area contributed by atoms with Gasteiger partial charge < -0.3 is 9.64 Å². The molecule has 146 valence electrons. The van der Waals surface area contributed by atoms with E-state index in [4.69, 9.17) is 9.72 Å². The van der Waals surface area contributed by atoms with Crippen LogP contribution in [-0.2, 0) is 22.3 Å². The summed E-state index contributed by atoms with van der Waals surface area (Å²) in [7, 11) is 0. The summed E-state index contributed by atoms with van der Waals surface area (Å²) in [4.78, 5) is 22.6. The third-order valence-corrected chi connectivity index (χ3v) is 5.85. The molecule has 1 aromatic carbocycles. The average molecular weight is 379 g/mol. The first-order chi connectivity index (χ1) is 13.4. The number of hydrogen-bond acceptors (Lipinski definition) is 5. The van der Waals surface area contributed by atoms with Crippen molar-refractivity contribution >= 4 is 17.0 Å². The molecule has 3 aromatic rings. The molecule has 2 aliphatic rings. The topological polar surface area (TPSA) is 76.0 Å². The molecule has 3 heterocycles. The van der Waals surface area contributed by atoms with Gasteiger partial charge in [-0.25, -0.2) is 4.68 Å². The summed E-state index contributed by atoms with van der Waals surface area (Å²) < 4.78 is 8.13. The number of nitrogens with one attached hydrogen (secondary N) is 1. The van der Waals surface area contributed by atoms with Gasteiger partial charge in [-0.05, 0) is 44.7 Å². The molecule has 1 fully saturated rings. The SMILES string of the molecule is CC(C)(C)n1ncc2c(=O)[nH]c(N3CCOC4(CCc5ccccc54)C3)nc21. The molecule has 0 bridgehead atoms. The first-order valence-corrected chi connectivity index (χ1v) is 9.83. The molecule has 1 atom stereocenters. The van der Waals surface area contributed by atoms with Crippen LogP contribution in [0.3, 0.4) is 0 Å². The van der Waals surface area contributed by atoms with Crippen LogP contribution in [0.4, 0.5) is 5.95 Å². The highest BCUT2D eigenvalue weighted by Crippen LogP contribution is 2.42. The third-order valence-electron chi connectivity index (χ3n) is 5.85. The fourth-order valence-electron chi connectivity index (χ4n) is 4.48. The summed E-state index contributed by atoms with van der Waals surface area (Å²) in [5, 5.41) is 4.93. The molecule has 0 saturated carbocycles. The molecule has 1 spiro atoms. The van der Waals surface area contributed by atoms with Crippen molar-refractivity contribution in [3.63, 3.8) is 0 Å². The number of nitrogens with zero attached hydrogens (tertiary/aromatic N) is 4. The van der Waals surface area contributed by atoms with Gasteiger partial charge in [0.1, 0.15) is 11.0 Å². The number of anilines is 1. The van der Waals surface area contributed by atoms with Gasteiger partial charge in [0.05, 0.1) is 24.9 Å². The normalized spacial score (nSPS) is 22.2.